The summed E-state index contributed by atoms with van der Waals surface area (Å²) in [6, 6.07) is 3.25. The van der Waals surface area contributed by atoms with E-state index < -0.39 is 0 Å². The van der Waals surface area contributed by atoms with Gasteiger partial charge in [-0.05, 0) is 5.41 Å². The second kappa shape index (κ2) is 13.0. The summed E-state index contributed by atoms with van der Waals surface area (Å²) in [5.74, 6) is 0. The Morgan fingerprint density at radius 3 is 1.56 bits per heavy atom. The molecule has 0 heterocycles. The van der Waals surface area contributed by atoms with Gasteiger partial charge in [-0.2, -0.15) is 10.5 Å². The van der Waals surface area contributed by atoms with Crippen LogP contribution < -0.4 is 0 Å². The molecule has 2 nitrogen and oxygen atoms in total. The van der Waals surface area contributed by atoms with Gasteiger partial charge in [0.05, 0.1) is 0 Å². The molecule has 0 fully saturated rings. The van der Waals surface area contributed by atoms with Gasteiger partial charge < -0.3 is 0 Å². The van der Waals surface area contributed by atoms with Crippen molar-refractivity contribution in [3.63, 3.8) is 0 Å². The summed E-state index contributed by atoms with van der Waals surface area (Å²) in [6.45, 7) is 0. The van der Waals surface area contributed by atoms with Crippen molar-refractivity contribution in [2.45, 2.75) is 0 Å². The molecule has 38 valence electrons. The Labute approximate surface area is 145 Å². The van der Waals surface area contributed by atoms with Crippen molar-refractivity contribution in [2.75, 3.05) is 0 Å². The van der Waals surface area contributed by atoms with Gasteiger partial charge in [0.1, 0.15) is 17.7 Å². The average molecular weight is 190 g/mol. The van der Waals surface area contributed by atoms with Gasteiger partial charge in [0.25, 0.3) is 0 Å². The van der Waals surface area contributed by atoms with Gasteiger partial charge in [-0.3, -0.25) is 0 Å². The van der Waals surface area contributed by atoms with Crippen LogP contribution in [0.1, 0.15) is 0 Å². The molecule has 9 heavy (non-hydrogen) atoms. The molecule has 0 unspecified atom stereocenters. The minimum atomic E-state index is 0. The van der Waals surface area contributed by atoms with Crippen LogP contribution in [0.3, 0.4) is 0 Å². The van der Waals surface area contributed by atoms with E-state index in [1.165, 1.54) is 5.41 Å². The Balaban J connectivity index is -0.000000180. The second-order valence-electron chi connectivity index (χ2n) is 0.766. The van der Waals surface area contributed by atoms with Crippen LogP contribution in [0, 0.1) is 22.7 Å². The van der Waals surface area contributed by atoms with Gasteiger partial charge in [-0.1, -0.05) is 0 Å². The van der Waals surface area contributed by atoms with E-state index in [0.29, 0.717) is 0 Å². The van der Waals surface area contributed by atoms with Crippen LogP contribution in [-0.2, 0) is 0 Å². The number of nitrogens with zero attached hydrogens (tertiary/aromatic N) is 2. The van der Waals surface area contributed by atoms with E-state index in [-0.39, 0.29) is 108 Å². The quantitative estimate of drug-likeness (QED) is 0.319. The average Bonchev–Trinajstić information content (AvgIpc) is 1.72. The molecular weight excluding hydrogens is 186 g/mol. The van der Waals surface area contributed by atoms with Crippen molar-refractivity contribution >= 4 is 115 Å². The zero-order chi connectivity index (χ0) is 5.70. The van der Waals surface area contributed by atoms with Crippen LogP contribution in [0.15, 0.2) is 11.0 Å². The standard InChI is InChI=1S/C4H2N2S.2K.2H/c5-1-4(2-6)3-7;;;;/h3,7H;;;;. The van der Waals surface area contributed by atoms with E-state index in [1.807, 2.05) is 0 Å². The summed E-state index contributed by atoms with van der Waals surface area (Å²) < 4.78 is 0. The molecule has 0 aliphatic heterocycles. The van der Waals surface area contributed by atoms with Gasteiger partial charge in [0.15, 0.2) is 0 Å². The molecule has 0 rings (SSSR count). The molecular formula is C4H4K2N2S. The second-order valence-corrected chi connectivity index (χ2v) is 1.02. The Bertz CT molecular complexity index is 148. The molecule has 0 atom stereocenters. The zero-order valence-corrected chi connectivity index (χ0v) is 4.31. The Hall–Kier alpha value is 2.34. The molecule has 0 amide bonds. The normalized spacial score (nSPS) is 4.33. The van der Waals surface area contributed by atoms with Crippen molar-refractivity contribution in [3.05, 3.63) is 11.0 Å². The number of hydrogen-bond donors (Lipinski definition) is 1. The topological polar surface area (TPSA) is 47.6 Å². The van der Waals surface area contributed by atoms with Gasteiger partial charge in [-0.25, -0.2) is 0 Å². The number of hydrogen-bond acceptors (Lipinski definition) is 3. The van der Waals surface area contributed by atoms with E-state index in [9.17, 15) is 0 Å². The molecule has 0 aromatic rings. The first-order chi connectivity index (χ1) is 3.35. The molecule has 0 spiro atoms. The van der Waals surface area contributed by atoms with Crippen LogP contribution in [0.4, 0.5) is 0 Å². The molecule has 0 radical (unpaired) electrons. The van der Waals surface area contributed by atoms with Crippen molar-refractivity contribution in [2.24, 2.45) is 0 Å². The van der Waals surface area contributed by atoms with Crippen LogP contribution >= 0.6 is 12.6 Å². The van der Waals surface area contributed by atoms with Crippen molar-refractivity contribution < 1.29 is 0 Å². The molecule has 0 N–H and O–H groups in total. The van der Waals surface area contributed by atoms with Crippen molar-refractivity contribution in [1.82, 2.24) is 0 Å². The maximum atomic E-state index is 7.94. The predicted molar refractivity (Wildman–Crippen MR) is 42.6 cm³/mol. The molecule has 0 saturated carbocycles. The van der Waals surface area contributed by atoms with Crippen LogP contribution in [0.5, 0.6) is 0 Å². The summed E-state index contributed by atoms with van der Waals surface area (Å²) in [6.07, 6.45) is 0. The van der Waals surface area contributed by atoms with E-state index >= 15 is 0 Å². The predicted octanol–water partition coefficient (Wildman–Crippen LogP) is -0.450. The van der Waals surface area contributed by atoms with E-state index in [1.54, 1.807) is 12.1 Å². The SMILES string of the molecule is N#CC(C#N)=CS.[KH].[KH]. The molecule has 0 aliphatic carbocycles. The summed E-state index contributed by atoms with van der Waals surface area (Å²) >= 11 is 3.57. The van der Waals surface area contributed by atoms with Crippen LogP contribution in [-0.4, -0.2) is 103 Å². The maximum absolute atomic E-state index is 7.94. The van der Waals surface area contributed by atoms with Gasteiger partial charge in [-0.15, -0.1) is 12.6 Å². The summed E-state index contributed by atoms with van der Waals surface area (Å²) in [5, 5.41) is 17.0. The third-order valence-corrected chi connectivity index (χ3v) is 0.628. The fourth-order valence-corrected chi connectivity index (χ4v) is 0.198. The van der Waals surface area contributed by atoms with Crippen molar-refractivity contribution in [3.8, 4) is 12.1 Å². The third kappa shape index (κ3) is 10.3. The molecule has 0 aliphatic rings. The van der Waals surface area contributed by atoms with Gasteiger partial charge in [0.2, 0.25) is 0 Å². The molecule has 0 aromatic heterocycles. The molecule has 0 aromatic carbocycles. The first kappa shape index (κ1) is 17.4. The fourth-order valence-electron chi connectivity index (χ4n) is 0.0827. The third-order valence-electron chi connectivity index (χ3n) is 0.370. The van der Waals surface area contributed by atoms with E-state index in [2.05, 4.69) is 12.6 Å². The molecule has 0 saturated heterocycles. The van der Waals surface area contributed by atoms with Gasteiger partial charge in [0, 0.05) is 0 Å². The van der Waals surface area contributed by atoms with Crippen molar-refractivity contribution in [1.29, 1.82) is 10.5 Å². The zero-order valence-electron chi connectivity index (χ0n) is 3.42. The molecule has 5 heteroatoms. The Morgan fingerprint density at radius 1 is 1.22 bits per heavy atom. The van der Waals surface area contributed by atoms with Gasteiger partial charge >= 0.3 is 103 Å². The summed E-state index contributed by atoms with van der Waals surface area (Å²) in [4.78, 5) is 0. The first-order valence-corrected chi connectivity index (χ1v) is 2.01. The number of allylic oxidation sites excluding steroid dienone is 1. The number of thiol groups is 1. The minimum absolute atomic E-state index is 0. The van der Waals surface area contributed by atoms with Crippen LogP contribution in [0.25, 0.3) is 0 Å². The fraction of sp³-hybridized carbons (Fsp3) is 0. The van der Waals surface area contributed by atoms with E-state index in [0.717, 1.165) is 0 Å². The summed E-state index contributed by atoms with van der Waals surface area (Å²) in [5.41, 5.74) is 0.0309. The molecule has 0 bridgehead atoms. The first-order valence-electron chi connectivity index (χ1n) is 1.49. The monoisotopic (exact) mass is 190 g/mol. The summed E-state index contributed by atoms with van der Waals surface area (Å²) in [7, 11) is 0. The van der Waals surface area contributed by atoms with Crippen LogP contribution in [0.2, 0.25) is 0 Å². The Kier molecular flexibility index (Phi) is 25.1. The number of rotatable bonds is 0. The number of nitriles is 2. The Morgan fingerprint density at radius 2 is 1.56 bits per heavy atom. The van der Waals surface area contributed by atoms with E-state index in [4.69, 9.17) is 10.5 Å².